The normalized spacial score (nSPS) is 19.9. The number of nitrogens with zero attached hydrogens (tertiary/aromatic N) is 2. The van der Waals surface area contributed by atoms with E-state index in [9.17, 15) is 13.2 Å². The molecule has 1 amide bonds. The van der Waals surface area contributed by atoms with E-state index in [0.717, 1.165) is 17.7 Å². The van der Waals surface area contributed by atoms with Crippen molar-refractivity contribution < 1.29 is 13.2 Å². The highest BCUT2D eigenvalue weighted by Gasteiger charge is 2.37. The topological polar surface area (TPSA) is 57.7 Å². The van der Waals surface area contributed by atoms with Crippen LogP contribution in [0.25, 0.3) is 0 Å². The molecule has 0 radical (unpaired) electrons. The lowest BCUT2D eigenvalue weighted by Gasteiger charge is -2.25. The summed E-state index contributed by atoms with van der Waals surface area (Å²) in [6.07, 6.45) is 1.42. The summed E-state index contributed by atoms with van der Waals surface area (Å²) in [7, 11) is -3.66. The van der Waals surface area contributed by atoms with Crippen LogP contribution >= 0.6 is 0 Å². The number of hydrogen-bond acceptors (Lipinski definition) is 3. The van der Waals surface area contributed by atoms with Crippen molar-refractivity contribution in [2.45, 2.75) is 43.7 Å². The molecule has 6 heteroatoms. The molecule has 0 aliphatic carbocycles. The molecule has 5 nitrogen and oxygen atoms in total. The molecule has 31 heavy (non-hydrogen) atoms. The van der Waals surface area contributed by atoms with Gasteiger partial charge in [-0.25, -0.2) is 8.42 Å². The number of para-hydroxylation sites is 1. The highest BCUT2D eigenvalue weighted by Crippen LogP contribution is 2.38. The number of carbonyl (C=O) groups excluding carboxylic acids is 1. The Bertz CT molecular complexity index is 1270. The summed E-state index contributed by atoms with van der Waals surface area (Å²) in [4.78, 5) is 15.5. The maximum Gasteiger partial charge on any atom is 0.264 e. The number of hydrogen-bond donors (Lipinski definition) is 0. The second-order valence-electron chi connectivity index (χ2n) is 8.37. The molecule has 0 saturated heterocycles. The Morgan fingerprint density at radius 2 is 1.48 bits per heavy atom. The highest BCUT2D eigenvalue weighted by atomic mass is 32.2. The molecule has 3 aromatic carbocycles. The van der Waals surface area contributed by atoms with Gasteiger partial charge in [-0.2, -0.15) is 0 Å². The van der Waals surface area contributed by atoms with E-state index in [4.69, 9.17) is 0 Å². The molecule has 3 aromatic rings. The Kier molecular flexibility index (Phi) is 4.63. The molecule has 0 aromatic heterocycles. The predicted molar refractivity (Wildman–Crippen MR) is 122 cm³/mol. The Labute approximate surface area is 183 Å². The molecule has 0 spiro atoms. The van der Waals surface area contributed by atoms with E-state index >= 15 is 0 Å². The molecular formula is C25H24N2O3S. The maximum absolute atomic E-state index is 13.4. The first kappa shape index (κ1) is 19.8. The van der Waals surface area contributed by atoms with Gasteiger partial charge in [0, 0.05) is 23.3 Å². The van der Waals surface area contributed by atoms with E-state index in [1.165, 1.54) is 9.87 Å². The Morgan fingerprint density at radius 3 is 2.26 bits per heavy atom. The summed E-state index contributed by atoms with van der Waals surface area (Å²) in [6, 6.07) is 21.8. The van der Waals surface area contributed by atoms with Crippen LogP contribution in [0.1, 0.15) is 35.3 Å². The fourth-order valence-corrected chi connectivity index (χ4v) is 6.54. The van der Waals surface area contributed by atoms with Gasteiger partial charge in [-0.3, -0.25) is 9.10 Å². The minimum absolute atomic E-state index is 0.0442. The van der Waals surface area contributed by atoms with Gasteiger partial charge >= 0.3 is 0 Å². The molecule has 2 atom stereocenters. The van der Waals surface area contributed by atoms with E-state index in [1.807, 2.05) is 36.1 Å². The van der Waals surface area contributed by atoms with Crippen molar-refractivity contribution in [1.82, 2.24) is 0 Å². The number of fused-ring (bicyclic) bond motifs is 2. The first-order valence-electron chi connectivity index (χ1n) is 10.5. The third-order valence-electron chi connectivity index (χ3n) is 6.21. The number of carbonyl (C=O) groups is 1. The zero-order valence-corrected chi connectivity index (χ0v) is 18.3. The zero-order valence-electron chi connectivity index (χ0n) is 17.5. The third-order valence-corrected chi connectivity index (χ3v) is 8.15. The summed E-state index contributed by atoms with van der Waals surface area (Å²) in [6.45, 7) is 3.96. The van der Waals surface area contributed by atoms with Gasteiger partial charge in [-0.15, -0.1) is 0 Å². The Morgan fingerprint density at radius 1 is 0.806 bits per heavy atom. The second-order valence-corrected chi connectivity index (χ2v) is 10.2. The van der Waals surface area contributed by atoms with Crippen molar-refractivity contribution in [3.8, 4) is 0 Å². The van der Waals surface area contributed by atoms with Crippen LogP contribution in [0.5, 0.6) is 0 Å². The lowest BCUT2D eigenvalue weighted by Crippen LogP contribution is -2.36. The number of benzene rings is 3. The van der Waals surface area contributed by atoms with Crippen molar-refractivity contribution >= 4 is 27.3 Å². The standard InChI is InChI=1S/C25H24N2O3S/c1-17-14-19-8-6-7-11-23(19)26(17)25(28)20-12-13-24-21(16-20)15-18(2)27(24)31(29,30)22-9-4-3-5-10-22/h3-13,16-18H,14-15H2,1-2H3/t17-,18-/m1/s1. The SMILES string of the molecule is C[C@@H]1Cc2ccccc2N1C(=O)c1ccc2c(c1)C[C@@H](C)N2S(=O)(=O)c1ccccc1. The van der Waals surface area contributed by atoms with Crippen LogP contribution < -0.4 is 9.21 Å². The molecule has 0 N–H and O–H groups in total. The third kappa shape index (κ3) is 3.13. The van der Waals surface area contributed by atoms with Gasteiger partial charge in [0.1, 0.15) is 0 Å². The molecule has 5 rings (SSSR count). The summed E-state index contributed by atoms with van der Waals surface area (Å²) in [5.74, 6) is -0.0442. The highest BCUT2D eigenvalue weighted by molar-refractivity contribution is 7.92. The number of rotatable bonds is 3. The van der Waals surface area contributed by atoms with Crippen molar-refractivity contribution in [2.24, 2.45) is 0 Å². The van der Waals surface area contributed by atoms with Crippen LogP contribution in [0.3, 0.4) is 0 Å². The molecule has 0 unspecified atom stereocenters. The largest absolute Gasteiger partial charge is 0.305 e. The zero-order chi connectivity index (χ0) is 21.8. The van der Waals surface area contributed by atoms with Crippen molar-refractivity contribution in [1.29, 1.82) is 0 Å². The number of sulfonamides is 1. The Balaban J connectivity index is 1.50. The first-order chi connectivity index (χ1) is 14.9. The lowest BCUT2D eigenvalue weighted by molar-refractivity contribution is 0.0981. The van der Waals surface area contributed by atoms with Gasteiger partial charge in [-0.05, 0) is 74.2 Å². The van der Waals surface area contributed by atoms with Crippen molar-refractivity contribution in [2.75, 3.05) is 9.21 Å². The van der Waals surface area contributed by atoms with Crippen LogP contribution in [0, 0.1) is 0 Å². The molecule has 0 saturated carbocycles. The minimum atomic E-state index is -3.66. The van der Waals surface area contributed by atoms with Crippen molar-refractivity contribution in [3.05, 3.63) is 89.5 Å². The van der Waals surface area contributed by atoms with E-state index in [2.05, 4.69) is 13.0 Å². The molecular weight excluding hydrogens is 408 g/mol. The summed E-state index contributed by atoms with van der Waals surface area (Å²) < 4.78 is 28.0. The minimum Gasteiger partial charge on any atom is -0.305 e. The van der Waals surface area contributed by atoms with Gasteiger partial charge in [0.05, 0.1) is 10.6 Å². The average molecular weight is 433 g/mol. The second kappa shape index (κ2) is 7.24. The lowest BCUT2D eigenvalue weighted by atomic mass is 10.1. The van der Waals surface area contributed by atoms with Gasteiger partial charge in [-0.1, -0.05) is 36.4 Å². The quantitative estimate of drug-likeness (QED) is 0.616. The number of amides is 1. The van der Waals surface area contributed by atoms with Crippen molar-refractivity contribution in [3.63, 3.8) is 0 Å². The van der Waals surface area contributed by atoms with E-state index in [0.29, 0.717) is 17.7 Å². The fourth-order valence-electron chi connectivity index (χ4n) is 4.82. The molecule has 2 aliphatic heterocycles. The van der Waals surface area contributed by atoms with Gasteiger partial charge in [0.25, 0.3) is 15.9 Å². The molecule has 2 heterocycles. The summed E-state index contributed by atoms with van der Waals surface area (Å²) in [5, 5.41) is 0. The molecule has 2 aliphatic rings. The molecule has 158 valence electrons. The predicted octanol–water partition coefficient (Wildman–Crippen LogP) is 4.42. The Hall–Kier alpha value is -3.12. The monoisotopic (exact) mass is 432 g/mol. The van der Waals surface area contributed by atoms with E-state index in [-0.39, 0.29) is 22.9 Å². The molecule has 0 fully saturated rings. The smallest absolute Gasteiger partial charge is 0.264 e. The maximum atomic E-state index is 13.4. The summed E-state index contributed by atoms with van der Waals surface area (Å²) >= 11 is 0. The number of anilines is 2. The first-order valence-corrected chi connectivity index (χ1v) is 12.0. The average Bonchev–Trinajstić information content (AvgIpc) is 3.28. The fraction of sp³-hybridized carbons (Fsp3) is 0.240. The summed E-state index contributed by atoms with van der Waals surface area (Å²) in [5.41, 5.74) is 4.27. The van der Waals surface area contributed by atoms with Crippen LogP contribution in [0.4, 0.5) is 11.4 Å². The van der Waals surface area contributed by atoms with Crippen LogP contribution in [-0.2, 0) is 22.9 Å². The van der Waals surface area contributed by atoms with Gasteiger partial charge in [0.15, 0.2) is 0 Å². The van der Waals surface area contributed by atoms with Crippen LogP contribution in [-0.4, -0.2) is 26.4 Å². The van der Waals surface area contributed by atoms with E-state index in [1.54, 1.807) is 42.5 Å². The van der Waals surface area contributed by atoms with Crippen LogP contribution in [0.2, 0.25) is 0 Å². The van der Waals surface area contributed by atoms with E-state index < -0.39 is 10.0 Å². The van der Waals surface area contributed by atoms with Gasteiger partial charge in [0.2, 0.25) is 0 Å². The molecule has 0 bridgehead atoms. The van der Waals surface area contributed by atoms with Gasteiger partial charge < -0.3 is 4.90 Å². The van der Waals surface area contributed by atoms with Crippen LogP contribution in [0.15, 0.2) is 77.7 Å².